The Hall–Kier alpha value is -1.08. The summed E-state index contributed by atoms with van der Waals surface area (Å²) in [6, 6.07) is 4.20. The van der Waals surface area contributed by atoms with Crippen LogP contribution in [0.4, 0.5) is 18.9 Å². The SMILES string of the molecule is CC(N)Cc1ccc(N2CCS(=O)CC2)c(C(F)(F)F)c1. The van der Waals surface area contributed by atoms with Crippen LogP contribution in [0.15, 0.2) is 18.2 Å². The minimum atomic E-state index is -4.40. The molecule has 21 heavy (non-hydrogen) atoms. The van der Waals surface area contributed by atoms with Gasteiger partial charge in [0.05, 0.1) is 5.56 Å². The molecule has 0 saturated carbocycles. The maximum absolute atomic E-state index is 13.3. The first-order chi connectivity index (χ1) is 9.77. The van der Waals surface area contributed by atoms with Crippen LogP contribution >= 0.6 is 0 Å². The maximum Gasteiger partial charge on any atom is 0.418 e. The van der Waals surface area contributed by atoms with E-state index in [0.29, 0.717) is 36.6 Å². The second kappa shape index (κ2) is 6.36. The average molecular weight is 320 g/mol. The third-order valence-electron chi connectivity index (χ3n) is 3.44. The molecule has 0 spiro atoms. The van der Waals surface area contributed by atoms with Gasteiger partial charge in [0.25, 0.3) is 0 Å². The monoisotopic (exact) mass is 320 g/mol. The summed E-state index contributed by atoms with van der Waals surface area (Å²) in [5.74, 6) is 0.831. The molecule has 0 aliphatic carbocycles. The molecule has 2 N–H and O–H groups in total. The molecule has 0 amide bonds. The molecule has 1 aromatic rings. The molecule has 2 rings (SSSR count). The van der Waals surface area contributed by atoms with Crippen LogP contribution in [0.5, 0.6) is 0 Å². The quantitative estimate of drug-likeness (QED) is 0.928. The molecule has 0 radical (unpaired) electrons. The van der Waals surface area contributed by atoms with Crippen LogP contribution < -0.4 is 10.6 Å². The highest BCUT2D eigenvalue weighted by atomic mass is 32.2. The van der Waals surface area contributed by atoms with E-state index in [0.717, 1.165) is 0 Å². The fourth-order valence-corrected chi connectivity index (χ4v) is 3.52. The van der Waals surface area contributed by atoms with Crippen LogP contribution in [0.2, 0.25) is 0 Å². The second-order valence-corrected chi connectivity index (χ2v) is 7.06. The fraction of sp³-hybridized carbons (Fsp3) is 0.571. The van der Waals surface area contributed by atoms with E-state index in [9.17, 15) is 17.4 Å². The number of hydrogen-bond donors (Lipinski definition) is 1. The van der Waals surface area contributed by atoms with Gasteiger partial charge in [-0.25, -0.2) is 0 Å². The van der Waals surface area contributed by atoms with Crippen LogP contribution in [0, 0.1) is 0 Å². The number of halogens is 3. The lowest BCUT2D eigenvalue weighted by atomic mass is 10.0. The highest BCUT2D eigenvalue weighted by molar-refractivity contribution is 7.85. The Morgan fingerprint density at radius 3 is 2.48 bits per heavy atom. The summed E-state index contributed by atoms with van der Waals surface area (Å²) < 4.78 is 51.2. The van der Waals surface area contributed by atoms with E-state index < -0.39 is 22.5 Å². The normalized spacial score (nSPS) is 18.8. The van der Waals surface area contributed by atoms with Gasteiger partial charge < -0.3 is 10.6 Å². The molecule has 1 saturated heterocycles. The molecule has 1 atom stereocenters. The largest absolute Gasteiger partial charge is 0.418 e. The molecular weight excluding hydrogens is 301 g/mol. The van der Waals surface area contributed by atoms with Gasteiger partial charge in [0.15, 0.2) is 0 Å². The molecule has 118 valence electrons. The number of hydrogen-bond acceptors (Lipinski definition) is 3. The summed E-state index contributed by atoms with van der Waals surface area (Å²) in [4.78, 5) is 1.67. The molecule has 3 nitrogen and oxygen atoms in total. The number of alkyl halides is 3. The zero-order valence-electron chi connectivity index (χ0n) is 11.8. The standard InChI is InChI=1S/C14H19F3N2OS/c1-10(18)8-11-2-3-13(12(9-11)14(15,16)17)19-4-6-21(20)7-5-19/h2-3,9-10H,4-8,18H2,1H3. The highest BCUT2D eigenvalue weighted by Crippen LogP contribution is 2.37. The van der Waals surface area contributed by atoms with Crippen LogP contribution in [0.25, 0.3) is 0 Å². The number of anilines is 1. The molecule has 0 aromatic heterocycles. The summed E-state index contributed by atoms with van der Waals surface area (Å²) in [6.07, 6.45) is -3.99. The second-order valence-electron chi connectivity index (χ2n) is 5.37. The smallest absolute Gasteiger partial charge is 0.369 e. The van der Waals surface area contributed by atoms with Crippen LogP contribution in [0.1, 0.15) is 18.1 Å². The molecule has 7 heteroatoms. The molecule has 1 heterocycles. The zero-order valence-corrected chi connectivity index (χ0v) is 12.6. The average Bonchev–Trinajstić information content (AvgIpc) is 2.38. The van der Waals surface area contributed by atoms with Crippen molar-refractivity contribution in [3.63, 3.8) is 0 Å². The lowest BCUT2D eigenvalue weighted by Gasteiger charge is -2.31. The van der Waals surface area contributed by atoms with Crippen molar-refractivity contribution < 1.29 is 17.4 Å². The number of nitrogens with two attached hydrogens (primary N) is 1. The lowest BCUT2D eigenvalue weighted by Crippen LogP contribution is -2.38. The Balaban J connectivity index is 2.33. The van der Waals surface area contributed by atoms with Gasteiger partial charge >= 0.3 is 6.18 Å². The van der Waals surface area contributed by atoms with Crippen LogP contribution in [-0.2, 0) is 23.4 Å². The Bertz CT molecular complexity index is 521. The molecule has 1 aliphatic heterocycles. The summed E-state index contributed by atoms with van der Waals surface area (Å²) in [5, 5.41) is 0. The van der Waals surface area contributed by atoms with Crippen molar-refractivity contribution in [2.45, 2.75) is 25.6 Å². The third kappa shape index (κ3) is 4.20. The van der Waals surface area contributed by atoms with Gasteiger partial charge in [-0.05, 0) is 31.0 Å². The van der Waals surface area contributed by atoms with E-state index in [-0.39, 0.29) is 11.7 Å². The molecule has 1 aliphatic rings. The van der Waals surface area contributed by atoms with E-state index in [2.05, 4.69) is 0 Å². The lowest BCUT2D eigenvalue weighted by molar-refractivity contribution is -0.137. The van der Waals surface area contributed by atoms with Crippen LogP contribution in [-0.4, -0.2) is 34.8 Å². The minimum absolute atomic E-state index is 0.174. The van der Waals surface area contributed by atoms with Crippen molar-refractivity contribution >= 4 is 16.5 Å². The highest BCUT2D eigenvalue weighted by Gasteiger charge is 2.35. The fourth-order valence-electron chi connectivity index (χ4n) is 2.46. The number of rotatable bonds is 3. The number of benzene rings is 1. The maximum atomic E-state index is 13.3. The Labute approximate surface area is 124 Å². The Morgan fingerprint density at radius 2 is 1.95 bits per heavy atom. The van der Waals surface area contributed by atoms with E-state index >= 15 is 0 Å². The van der Waals surface area contributed by atoms with Crippen molar-refractivity contribution in [3.05, 3.63) is 29.3 Å². The predicted molar refractivity (Wildman–Crippen MR) is 78.9 cm³/mol. The van der Waals surface area contributed by atoms with Crippen molar-refractivity contribution in [1.82, 2.24) is 0 Å². The van der Waals surface area contributed by atoms with Crippen molar-refractivity contribution in [2.75, 3.05) is 29.5 Å². The van der Waals surface area contributed by atoms with Crippen molar-refractivity contribution in [3.8, 4) is 0 Å². The van der Waals surface area contributed by atoms with Gasteiger partial charge in [-0.3, -0.25) is 4.21 Å². The molecule has 1 unspecified atom stereocenters. The molecule has 1 fully saturated rings. The van der Waals surface area contributed by atoms with Gasteiger partial charge in [0.1, 0.15) is 0 Å². The topological polar surface area (TPSA) is 46.3 Å². The molecule has 1 aromatic carbocycles. The first-order valence-corrected chi connectivity index (χ1v) is 8.32. The number of nitrogens with zero attached hydrogens (tertiary/aromatic N) is 1. The minimum Gasteiger partial charge on any atom is -0.369 e. The Kier molecular flexibility index (Phi) is 4.93. The van der Waals surface area contributed by atoms with Gasteiger partial charge in [-0.2, -0.15) is 13.2 Å². The van der Waals surface area contributed by atoms with Crippen LogP contribution in [0.3, 0.4) is 0 Å². The van der Waals surface area contributed by atoms with E-state index in [1.54, 1.807) is 17.9 Å². The Morgan fingerprint density at radius 1 is 1.33 bits per heavy atom. The summed E-state index contributed by atoms with van der Waals surface area (Å²) in [6.45, 7) is 2.55. The summed E-state index contributed by atoms with van der Waals surface area (Å²) in [7, 11) is -0.914. The van der Waals surface area contributed by atoms with Gasteiger partial charge in [-0.15, -0.1) is 0 Å². The predicted octanol–water partition coefficient (Wildman–Crippen LogP) is 2.16. The van der Waals surface area contributed by atoms with Gasteiger partial charge in [0.2, 0.25) is 0 Å². The van der Waals surface area contributed by atoms with E-state index in [1.807, 2.05) is 0 Å². The molecular formula is C14H19F3N2OS. The first-order valence-electron chi connectivity index (χ1n) is 6.83. The van der Waals surface area contributed by atoms with Gasteiger partial charge in [0, 0.05) is 47.1 Å². The summed E-state index contributed by atoms with van der Waals surface area (Å²) in [5.41, 5.74) is 5.78. The van der Waals surface area contributed by atoms with Crippen molar-refractivity contribution in [2.24, 2.45) is 5.73 Å². The first kappa shape index (κ1) is 16.3. The van der Waals surface area contributed by atoms with Crippen molar-refractivity contribution in [1.29, 1.82) is 0 Å². The zero-order chi connectivity index (χ0) is 15.6. The summed E-state index contributed by atoms with van der Waals surface area (Å²) >= 11 is 0. The van der Waals surface area contributed by atoms with E-state index in [4.69, 9.17) is 5.73 Å². The van der Waals surface area contributed by atoms with E-state index in [1.165, 1.54) is 12.1 Å². The third-order valence-corrected chi connectivity index (χ3v) is 4.72. The van der Waals surface area contributed by atoms with Gasteiger partial charge in [-0.1, -0.05) is 6.07 Å². The molecule has 0 bridgehead atoms.